The smallest absolute Gasteiger partial charge is 0.246 e. The fraction of sp³-hybridized carbons (Fsp3) is 0.227. The van der Waals surface area contributed by atoms with Crippen LogP contribution >= 0.6 is 11.3 Å². The number of thiazole rings is 1. The number of Topliss-reactive ketones (excluding diaryl/α,β-unsaturated/α-hetero) is 1. The predicted molar refractivity (Wildman–Crippen MR) is 114 cm³/mol. The van der Waals surface area contributed by atoms with E-state index in [4.69, 9.17) is 0 Å². The Bertz CT molecular complexity index is 998. The van der Waals surface area contributed by atoms with E-state index in [9.17, 15) is 9.59 Å². The first-order chi connectivity index (χ1) is 13.6. The average Bonchev–Trinajstić information content (AvgIpc) is 3.15. The summed E-state index contributed by atoms with van der Waals surface area (Å²) in [6.45, 7) is 4.48. The zero-order valence-corrected chi connectivity index (χ0v) is 16.5. The van der Waals surface area contributed by atoms with E-state index in [1.807, 2.05) is 53.4 Å². The molecule has 5 nitrogen and oxygen atoms in total. The topological polar surface area (TPSA) is 53.5 Å². The number of ketones is 1. The van der Waals surface area contributed by atoms with E-state index in [1.165, 1.54) is 0 Å². The molecule has 0 bridgehead atoms. The van der Waals surface area contributed by atoms with Crippen molar-refractivity contribution < 1.29 is 9.59 Å². The SMILES string of the molecule is CC(=O)c1ccc(N2CCN(C(=O)/C=C/c3nc4ccccc4s3)CC2)cc1. The van der Waals surface area contributed by atoms with Gasteiger partial charge in [-0.15, -0.1) is 11.3 Å². The number of carbonyl (C=O) groups excluding carboxylic acids is 2. The monoisotopic (exact) mass is 391 g/mol. The summed E-state index contributed by atoms with van der Waals surface area (Å²) in [6, 6.07) is 15.6. The Balaban J connectivity index is 1.35. The zero-order valence-electron chi connectivity index (χ0n) is 15.7. The van der Waals surface area contributed by atoms with Gasteiger partial charge in [-0.2, -0.15) is 0 Å². The third-order valence-corrected chi connectivity index (χ3v) is 5.91. The molecule has 3 aromatic rings. The van der Waals surface area contributed by atoms with Crippen LogP contribution < -0.4 is 4.90 Å². The summed E-state index contributed by atoms with van der Waals surface area (Å²) in [5, 5.41) is 0.846. The Hall–Kier alpha value is -2.99. The number of anilines is 1. The van der Waals surface area contributed by atoms with Crippen molar-refractivity contribution in [3.05, 3.63) is 65.2 Å². The van der Waals surface area contributed by atoms with Crippen molar-refractivity contribution in [3.8, 4) is 0 Å². The van der Waals surface area contributed by atoms with Crippen LogP contribution in [-0.2, 0) is 4.79 Å². The van der Waals surface area contributed by atoms with Crippen LogP contribution in [-0.4, -0.2) is 47.8 Å². The molecule has 6 heteroatoms. The van der Waals surface area contributed by atoms with Crippen LogP contribution in [0.4, 0.5) is 5.69 Å². The number of benzene rings is 2. The average molecular weight is 391 g/mol. The summed E-state index contributed by atoms with van der Waals surface area (Å²) in [5.74, 6) is 0.0905. The second kappa shape index (κ2) is 7.94. The standard InChI is InChI=1S/C22H21N3O2S/c1-16(26)17-6-8-18(9-7-17)24-12-14-25(15-13-24)22(27)11-10-21-23-19-4-2-3-5-20(19)28-21/h2-11H,12-15H2,1H3/b11-10+. The van der Waals surface area contributed by atoms with Gasteiger partial charge in [0.2, 0.25) is 5.91 Å². The third kappa shape index (κ3) is 3.97. The van der Waals surface area contributed by atoms with Gasteiger partial charge >= 0.3 is 0 Å². The van der Waals surface area contributed by atoms with Crippen LogP contribution in [0.2, 0.25) is 0 Å². The van der Waals surface area contributed by atoms with E-state index in [2.05, 4.69) is 9.88 Å². The lowest BCUT2D eigenvalue weighted by Crippen LogP contribution is -2.48. The molecule has 142 valence electrons. The van der Waals surface area contributed by atoms with E-state index in [0.717, 1.165) is 39.6 Å². The summed E-state index contributed by atoms with van der Waals surface area (Å²) in [6.07, 6.45) is 3.43. The highest BCUT2D eigenvalue weighted by molar-refractivity contribution is 7.19. The molecule has 1 amide bonds. The van der Waals surface area contributed by atoms with Gasteiger partial charge in [0.05, 0.1) is 10.2 Å². The van der Waals surface area contributed by atoms with E-state index < -0.39 is 0 Å². The van der Waals surface area contributed by atoms with E-state index in [1.54, 1.807) is 30.4 Å². The molecule has 0 radical (unpaired) electrons. The van der Waals surface area contributed by atoms with Crippen molar-refractivity contribution in [3.63, 3.8) is 0 Å². The van der Waals surface area contributed by atoms with Gasteiger partial charge in [0.1, 0.15) is 5.01 Å². The first kappa shape index (κ1) is 18.4. The van der Waals surface area contributed by atoms with Crippen molar-refractivity contribution in [1.82, 2.24) is 9.88 Å². The number of para-hydroxylation sites is 1. The van der Waals surface area contributed by atoms with Crippen molar-refractivity contribution in [2.45, 2.75) is 6.92 Å². The molecule has 0 unspecified atom stereocenters. The molecule has 2 heterocycles. The molecule has 0 N–H and O–H groups in total. The minimum atomic E-state index is 0.0193. The van der Waals surface area contributed by atoms with Crippen LogP contribution in [0.5, 0.6) is 0 Å². The normalized spacial score (nSPS) is 14.8. The van der Waals surface area contributed by atoms with Gasteiger partial charge in [0.15, 0.2) is 5.78 Å². The Morgan fingerprint density at radius 2 is 1.71 bits per heavy atom. The van der Waals surface area contributed by atoms with E-state index in [-0.39, 0.29) is 11.7 Å². The molecule has 0 saturated carbocycles. The molecule has 1 saturated heterocycles. The molecule has 1 aliphatic heterocycles. The fourth-order valence-corrected chi connectivity index (χ4v) is 4.17. The Morgan fingerprint density at radius 1 is 1.00 bits per heavy atom. The van der Waals surface area contributed by atoms with Crippen LogP contribution in [0.15, 0.2) is 54.6 Å². The van der Waals surface area contributed by atoms with Gasteiger partial charge in [-0.25, -0.2) is 4.98 Å². The molecular formula is C22H21N3O2S. The molecule has 28 heavy (non-hydrogen) atoms. The number of fused-ring (bicyclic) bond motifs is 1. The van der Waals surface area contributed by atoms with Gasteiger partial charge in [-0.1, -0.05) is 12.1 Å². The maximum absolute atomic E-state index is 12.5. The molecule has 0 spiro atoms. The molecule has 1 fully saturated rings. The largest absolute Gasteiger partial charge is 0.368 e. The van der Waals surface area contributed by atoms with Gasteiger partial charge in [-0.05, 0) is 49.4 Å². The number of rotatable bonds is 4. The summed E-state index contributed by atoms with van der Waals surface area (Å²) in [4.78, 5) is 32.5. The molecule has 4 rings (SSSR count). The molecule has 0 aliphatic carbocycles. The maximum Gasteiger partial charge on any atom is 0.246 e. The number of aromatic nitrogens is 1. The van der Waals surface area contributed by atoms with Crippen LogP contribution in [0.25, 0.3) is 16.3 Å². The maximum atomic E-state index is 12.5. The number of nitrogens with zero attached hydrogens (tertiary/aromatic N) is 3. The Labute approximate surface area is 167 Å². The van der Waals surface area contributed by atoms with Gasteiger partial charge in [0, 0.05) is 43.5 Å². The van der Waals surface area contributed by atoms with E-state index >= 15 is 0 Å². The van der Waals surface area contributed by atoms with Crippen LogP contribution in [0, 0.1) is 0 Å². The highest BCUT2D eigenvalue weighted by Crippen LogP contribution is 2.22. The van der Waals surface area contributed by atoms with Crippen LogP contribution in [0.3, 0.4) is 0 Å². The highest BCUT2D eigenvalue weighted by Gasteiger charge is 2.20. The lowest BCUT2D eigenvalue weighted by Gasteiger charge is -2.35. The summed E-state index contributed by atoms with van der Waals surface area (Å²) < 4.78 is 1.12. The summed E-state index contributed by atoms with van der Waals surface area (Å²) in [5.41, 5.74) is 2.77. The molecule has 1 aliphatic rings. The van der Waals surface area contributed by atoms with Crippen LogP contribution in [0.1, 0.15) is 22.3 Å². The Morgan fingerprint density at radius 3 is 2.39 bits per heavy atom. The quantitative estimate of drug-likeness (QED) is 0.501. The lowest BCUT2D eigenvalue weighted by molar-refractivity contribution is -0.126. The number of amides is 1. The first-order valence-corrected chi connectivity index (χ1v) is 10.1. The minimum Gasteiger partial charge on any atom is -0.368 e. The molecule has 0 atom stereocenters. The van der Waals surface area contributed by atoms with Gasteiger partial charge < -0.3 is 9.80 Å². The van der Waals surface area contributed by atoms with Gasteiger partial charge in [-0.3, -0.25) is 9.59 Å². The van der Waals surface area contributed by atoms with Crippen molar-refractivity contribution in [2.24, 2.45) is 0 Å². The van der Waals surface area contributed by atoms with Crippen molar-refractivity contribution >= 4 is 45.0 Å². The third-order valence-electron chi connectivity index (χ3n) is 4.91. The zero-order chi connectivity index (χ0) is 19.5. The summed E-state index contributed by atoms with van der Waals surface area (Å²) in [7, 11) is 0. The summed E-state index contributed by atoms with van der Waals surface area (Å²) >= 11 is 1.59. The van der Waals surface area contributed by atoms with E-state index in [0.29, 0.717) is 13.1 Å². The number of carbonyl (C=O) groups is 2. The Kier molecular flexibility index (Phi) is 5.21. The van der Waals surface area contributed by atoms with Crippen molar-refractivity contribution in [2.75, 3.05) is 31.1 Å². The second-order valence-corrected chi connectivity index (χ2v) is 7.83. The highest BCUT2D eigenvalue weighted by atomic mass is 32.1. The predicted octanol–water partition coefficient (Wildman–Crippen LogP) is 3.86. The fourth-order valence-electron chi connectivity index (χ4n) is 3.30. The molecule has 1 aromatic heterocycles. The minimum absolute atomic E-state index is 0.0193. The van der Waals surface area contributed by atoms with Gasteiger partial charge in [0.25, 0.3) is 0 Å². The molecule has 2 aromatic carbocycles. The lowest BCUT2D eigenvalue weighted by atomic mass is 10.1. The number of hydrogen-bond donors (Lipinski definition) is 0. The second-order valence-electron chi connectivity index (χ2n) is 6.77. The number of piperazine rings is 1. The van der Waals surface area contributed by atoms with Crippen molar-refractivity contribution in [1.29, 1.82) is 0 Å². The first-order valence-electron chi connectivity index (χ1n) is 9.29. The number of hydrogen-bond acceptors (Lipinski definition) is 5. The molecular weight excluding hydrogens is 370 g/mol.